The Morgan fingerprint density at radius 3 is 2.10 bits per heavy atom. The van der Waals surface area contributed by atoms with Crippen molar-refractivity contribution in [1.82, 2.24) is 16.0 Å². The largest absolute Gasteiger partial charge is 0.458 e. The molecule has 2 aromatic carbocycles. The summed E-state index contributed by atoms with van der Waals surface area (Å²) in [6, 6.07) is 14.8. The van der Waals surface area contributed by atoms with Crippen molar-refractivity contribution in [1.29, 1.82) is 0 Å². The van der Waals surface area contributed by atoms with Crippen molar-refractivity contribution in [3.63, 3.8) is 0 Å². The van der Waals surface area contributed by atoms with Gasteiger partial charge >= 0.3 is 12.1 Å². The number of alkyl carbamates (subject to hydrolysis) is 1. The van der Waals surface area contributed by atoms with Crippen LogP contribution in [-0.2, 0) is 36.9 Å². The number of aliphatic hydroxyl groups excluding tert-OH is 1. The Morgan fingerprint density at radius 2 is 1.52 bits per heavy atom. The number of ether oxygens (including phenoxy) is 2. The average Bonchev–Trinajstić information content (AvgIpc) is 2.93. The lowest BCUT2D eigenvalue weighted by Crippen LogP contribution is -2.50. The molecule has 4 N–H and O–H groups in total. The number of nitrogens with one attached hydrogen (secondary N) is 3. The van der Waals surface area contributed by atoms with E-state index in [1.165, 1.54) is 5.56 Å². The maximum absolute atomic E-state index is 12.8. The van der Waals surface area contributed by atoms with E-state index in [2.05, 4.69) is 29.8 Å². The van der Waals surface area contributed by atoms with Crippen LogP contribution < -0.4 is 16.0 Å². The number of carbonyl (C=O) groups excluding carboxylic acids is 4. The Bertz CT molecular complexity index is 1160. The van der Waals surface area contributed by atoms with Gasteiger partial charge in [0.1, 0.15) is 18.2 Å². The van der Waals surface area contributed by atoms with E-state index in [9.17, 15) is 24.3 Å². The summed E-state index contributed by atoms with van der Waals surface area (Å²) in [6.45, 7) is 10.6. The molecule has 2 aromatic rings. The molecule has 2 rings (SSSR count). The first kappa shape index (κ1) is 34.3. The first-order chi connectivity index (χ1) is 19.8. The van der Waals surface area contributed by atoms with Crippen LogP contribution in [0, 0.1) is 5.92 Å². The van der Waals surface area contributed by atoms with Crippen molar-refractivity contribution in [2.75, 3.05) is 13.2 Å². The third-order valence-corrected chi connectivity index (χ3v) is 6.21. The number of rotatable bonds is 14. The number of aliphatic hydroxyl groups is 1. The van der Waals surface area contributed by atoms with Gasteiger partial charge in [0.2, 0.25) is 11.8 Å². The first-order valence-corrected chi connectivity index (χ1v) is 14.2. The lowest BCUT2D eigenvalue weighted by Gasteiger charge is -2.25. The lowest BCUT2D eigenvalue weighted by molar-refractivity contribution is -0.158. The predicted octanol–water partition coefficient (Wildman–Crippen LogP) is 3.61. The SMILES string of the molecule is CC(C)Cc1ccc([C@H](C)C(=O)NC[C@H](CO)NC(=O)C[C@@H](NC(=O)OCc2ccccc2)C(=O)OC(C)(C)C)cc1. The van der Waals surface area contributed by atoms with Crippen LogP contribution in [0.25, 0.3) is 0 Å². The maximum Gasteiger partial charge on any atom is 0.408 e. The van der Waals surface area contributed by atoms with E-state index in [-0.39, 0.29) is 19.1 Å². The van der Waals surface area contributed by atoms with Gasteiger partial charge < -0.3 is 30.5 Å². The smallest absolute Gasteiger partial charge is 0.408 e. The predicted molar refractivity (Wildman–Crippen MR) is 159 cm³/mol. The highest BCUT2D eigenvalue weighted by molar-refractivity contribution is 5.88. The third kappa shape index (κ3) is 12.7. The van der Waals surface area contributed by atoms with Crippen LogP contribution in [-0.4, -0.2) is 59.8 Å². The van der Waals surface area contributed by atoms with Crippen LogP contribution in [0.1, 0.15) is 70.6 Å². The van der Waals surface area contributed by atoms with Crippen LogP contribution in [0.4, 0.5) is 4.79 Å². The van der Waals surface area contributed by atoms with Crippen molar-refractivity contribution < 1.29 is 33.8 Å². The van der Waals surface area contributed by atoms with Gasteiger partial charge in [0, 0.05) is 6.54 Å². The molecule has 10 nitrogen and oxygen atoms in total. The summed E-state index contributed by atoms with van der Waals surface area (Å²) < 4.78 is 10.6. The zero-order valence-corrected chi connectivity index (χ0v) is 25.4. The summed E-state index contributed by atoms with van der Waals surface area (Å²) >= 11 is 0. The van der Waals surface area contributed by atoms with E-state index >= 15 is 0 Å². The van der Waals surface area contributed by atoms with Gasteiger partial charge in [0.05, 0.1) is 25.0 Å². The topological polar surface area (TPSA) is 143 Å². The monoisotopic (exact) mass is 583 g/mol. The minimum Gasteiger partial charge on any atom is -0.458 e. The molecule has 0 aliphatic rings. The van der Waals surface area contributed by atoms with E-state index in [1.54, 1.807) is 52.0 Å². The average molecular weight is 584 g/mol. The summed E-state index contributed by atoms with van der Waals surface area (Å²) in [5.74, 6) is -1.59. The molecular formula is C32H45N3O7. The van der Waals surface area contributed by atoms with E-state index in [0.717, 1.165) is 17.5 Å². The Balaban J connectivity index is 1.94. The second-order valence-corrected chi connectivity index (χ2v) is 11.7. The molecule has 0 bridgehead atoms. The van der Waals surface area contributed by atoms with Crippen molar-refractivity contribution >= 4 is 23.9 Å². The normalized spacial score (nSPS) is 13.4. The fourth-order valence-electron chi connectivity index (χ4n) is 4.05. The zero-order chi connectivity index (χ0) is 31.3. The summed E-state index contributed by atoms with van der Waals surface area (Å²) in [5.41, 5.74) is 1.96. The second kappa shape index (κ2) is 16.5. The molecule has 0 fully saturated rings. The molecule has 3 amide bonds. The molecule has 0 unspecified atom stereocenters. The molecule has 0 saturated carbocycles. The van der Waals surface area contributed by atoms with Crippen LogP contribution in [0.3, 0.4) is 0 Å². The molecular weight excluding hydrogens is 538 g/mol. The second-order valence-electron chi connectivity index (χ2n) is 11.7. The quantitative estimate of drug-likeness (QED) is 0.249. The van der Waals surface area contributed by atoms with Gasteiger partial charge in [-0.3, -0.25) is 9.59 Å². The van der Waals surface area contributed by atoms with E-state index < -0.39 is 54.6 Å². The minimum absolute atomic E-state index is 0.0211. The van der Waals surface area contributed by atoms with Gasteiger partial charge in [0.15, 0.2) is 0 Å². The first-order valence-electron chi connectivity index (χ1n) is 14.2. The van der Waals surface area contributed by atoms with Crippen LogP contribution in [0.2, 0.25) is 0 Å². The number of carbonyl (C=O) groups is 4. The van der Waals surface area contributed by atoms with Crippen molar-refractivity contribution in [3.8, 4) is 0 Å². The van der Waals surface area contributed by atoms with Crippen LogP contribution in [0.5, 0.6) is 0 Å². The summed E-state index contributed by atoms with van der Waals surface area (Å²) in [7, 11) is 0. The van der Waals surface area contributed by atoms with Gasteiger partial charge in [-0.1, -0.05) is 68.4 Å². The molecule has 0 aromatic heterocycles. The maximum atomic E-state index is 12.8. The number of benzene rings is 2. The number of esters is 1. The highest BCUT2D eigenvalue weighted by Crippen LogP contribution is 2.18. The lowest BCUT2D eigenvalue weighted by atomic mass is 9.96. The van der Waals surface area contributed by atoms with Gasteiger partial charge in [0.25, 0.3) is 0 Å². The Hall–Kier alpha value is -3.92. The van der Waals surface area contributed by atoms with Gasteiger partial charge in [-0.2, -0.15) is 0 Å². The molecule has 0 radical (unpaired) electrons. The molecule has 0 saturated heterocycles. The molecule has 0 heterocycles. The van der Waals surface area contributed by atoms with E-state index in [1.807, 2.05) is 30.3 Å². The molecule has 10 heteroatoms. The Labute approximate surface area is 248 Å². The molecule has 42 heavy (non-hydrogen) atoms. The zero-order valence-electron chi connectivity index (χ0n) is 25.4. The van der Waals surface area contributed by atoms with Crippen LogP contribution >= 0.6 is 0 Å². The highest BCUT2D eigenvalue weighted by atomic mass is 16.6. The van der Waals surface area contributed by atoms with E-state index in [4.69, 9.17) is 9.47 Å². The van der Waals surface area contributed by atoms with Gasteiger partial charge in [-0.15, -0.1) is 0 Å². The highest BCUT2D eigenvalue weighted by Gasteiger charge is 2.30. The number of hydrogen-bond donors (Lipinski definition) is 4. The minimum atomic E-state index is -1.33. The number of hydrogen-bond acceptors (Lipinski definition) is 7. The summed E-state index contributed by atoms with van der Waals surface area (Å²) in [5, 5.41) is 17.6. The molecule has 230 valence electrons. The van der Waals surface area contributed by atoms with Gasteiger partial charge in [-0.05, 0) is 56.7 Å². The summed E-state index contributed by atoms with van der Waals surface area (Å²) in [4.78, 5) is 50.8. The Morgan fingerprint density at radius 1 is 0.881 bits per heavy atom. The van der Waals surface area contributed by atoms with Gasteiger partial charge in [-0.25, -0.2) is 9.59 Å². The van der Waals surface area contributed by atoms with Crippen molar-refractivity contribution in [2.24, 2.45) is 5.92 Å². The molecule has 0 aliphatic carbocycles. The van der Waals surface area contributed by atoms with Crippen molar-refractivity contribution in [2.45, 2.75) is 84.6 Å². The molecule has 3 atom stereocenters. The third-order valence-electron chi connectivity index (χ3n) is 6.21. The number of amides is 3. The van der Waals surface area contributed by atoms with Crippen LogP contribution in [0.15, 0.2) is 54.6 Å². The molecule has 0 aliphatic heterocycles. The van der Waals surface area contributed by atoms with Crippen molar-refractivity contribution in [3.05, 3.63) is 71.3 Å². The molecule has 0 spiro atoms. The standard InChI is InChI=1S/C32H45N3O7/c1-21(2)16-23-12-14-25(15-13-23)22(3)29(38)33-18-26(19-36)34-28(37)17-27(30(39)42-32(4,5)6)35-31(40)41-20-24-10-8-7-9-11-24/h7-15,21-22,26-27,36H,16-20H2,1-6H3,(H,33,38)(H,34,37)(H,35,40)/t22-,26+,27+/m0/s1. The fraction of sp³-hybridized carbons (Fsp3) is 0.500. The summed E-state index contributed by atoms with van der Waals surface area (Å²) in [6.07, 6.45) is -0.392. The fourth-order valence-corrected chi connectivity index (χ4v) is 4.05. The Kier molecular flexibility index (Phi) is 13.5. The van der Waals surface area contributed by atoms with E-state index in [0.29, 0.717) is 5.92 Å².